The van der Waals surface area contributed by atoms with Crippen molar-refractivity contribution < 1.29 is 9.47 Å². The van der Waals surface area contributed by atoms with Gasteiger partial charge in [0.15, 0.2) is 17.5 Å². The second-order valence-corrected chi connectivity index (χ2v) is 8.38. The summed E-state index contributed by atoms with van der Waals surface area (Å²) in [5.41, 5.74) is 1.81. The molecule has 1 spiro atoms. The van der Waals surface area contributed by atoms with Crippen LogP contribution in [-0.4, -0.2) is 44.3 Å². The van der Waals surface area contributed by atoms with Crippen molar-refractivity contribution in [2.75, 3.05) is 33.5 Å². The van der Waals surface area contributed by atoms with Crippen molar-refractivity contribution >= 4 is 29.9 Å². The highest BCUT2D eigenvalue weighted by atomic mass is 127. The minimum Gasteiger partial charge on any atom is -0.454 e. The van der Waals surface area contributed by atoms with Gasteiger partial charge >= 0.3 is 0 Å². The fourth-order valence-electron chi connectivity index (χ4n) is 4.25. The predicted molar refractivity (Wildman–Crippen MR) is 115 cm³/mol. The number of nitrogens with zero attached hydrogens (tertiary/aromatic N) is 2. The Hall–Kier alpha value is -1.18. The number of ether oxygens (including phenoxy) is 2. The molecule has 2 fully saturated rings. The van der Waals surface area contributed by atoms with Crippen LogP contribution in [0.4, 0.5) is 0 Å². The van der Waals surface area contributed by atoms with Gasteiger partial charge in [0, 0.05) is 32.1 Å². The average molecular weight is 471 g/mol. The summed E-state index contributed by atoms with van der Waals surface area (Å²) in [6.45, 7) is 7.95. The number of fused-ring (bicyclic) bond motifs is 1. The molecule has 5 nitrogen and oxygen atoms in total. The van der Waals surface area contributed by atoms with Crippen molar-refractivity contribution in [3.05, 3.63) is 23.8 Å². The Morgan fingerprint density at radius 2 is 2.00 bits per heavy atom. The van der Waals surface area contributed by atoms with Gasteiger partial charge in [-0.05, 0) is 42.4 Å². The molecule has 1 saturated heterocycles. The zero-order chi connectivity index (χ0) is 17.5. The lowest BCUT2D eigenvalue weighted by Gasteiger charge is -2.38. The molecule has 1 aromatic rings. The molecule has 2 heterocycles. The summed E-state index contributed by atoms with van der Waals surface area (Å²) >= 11 is 0. The summed E-state index contributed by atoms with van der Waals surface area (Å²) in [7, 11) is 1.89. The van der Waals surface area contributed by atoms with Crippen LogP contribution in [0, 0.1) is 5.41 Å². The van der Waals surface area contributed by atoms with Gasteiger partial charge in [-0.25, -0.2) is 0 Å². The number of aliphatic imine (C=N–C) groups is 1. The molecule has 0 atom stereocenters. The normalized spacial score (nSPS) is 20.7. The van der Waals surface area contributed by atoms with Gasteiger partial charge in [0.2, 0.25) is 6.79 Å². The zero-order valence-electron chi connectivity index (χ0n) is 16.0. The van der Waals surface area contributed by atoms with E-state index in [4.69, 9.17) is 9.47 Å². The quantitative estimate of drug-likeness (QED) is 0.415. The van der Waals surface area contributed by atoms with Gasteiger partial charge in [-0.2, -0.15) is 0 Å². The topological polar surface area (TPSA) is 46.1 Å². The molecule has 1 aromatic carbocycles. The molecule has 1 N–H and O–H groups in total. The molecule has 0 amide bonds. The third-order valence-corrected chi connectivity index (χ3v) is 6.21. The van der Waals surface area contributed by atoms with Crippen molar-refractivity contribution in [3.8, 4) is 11.5 Å². The van der Waals surface area contributed by atoms with Crippen LogP contribution in [-0.2, 0) is 5.41 Å². The van der Waals surface area contributed by atoms with Crippen molar-refractivity contribution in [1.82, 2.24) is 10.2 Å². The lowest BCUT2D eigenvalue weighted by molar-refractivity contribution is 0.151. The van der Waals surface area contributed by atoms with E-state index in [9.17, 15) is 0 Å². The second-order valence-electron chi connectivity index (χ2n) is 8.38. The molecule has 0 aromatic heterocycles. The summed E-state index contributed by atoms with van der Waals surface area (Å²) in [4.78, 5) is 6.97. The second kappa shape index (κ2) is 7.44. The van der Waals surface area contributed by atoms with E-state index < -0.39 is 0 Å². The summed E-state index contributed by atoms with van der Waals surface area (Å²) in [6.07, 6.45) is 5.50. The summed E-state index contributed by atoms with van der Waals surface area (Å²) in [6, 6.07) is 6.25. The van der Waals surface area contributed by atoms with Gasteiger partial charge < -0.3 is 19.7 Å². The highest BCUT2D eigenvalue weighted by Crippen LogP contribution is 2.47. The number of halogens is 1. The lowest BCUT2D eigenvalue weighted by Crippen LogP contribution is -2.46. The maximum Gasteiger partial charge on any atom is 0.231 e. The predicted octanol–water partition coefficient (Wildman–Crippen LogP) is 3.76. The van der Waals surface area contributed by atoms with Crippen molar-refractivity contribution in [3.63, 3.8) is 0 Å². The molecule has 2 aliphatic heterocycles. The summed E-state index contributed by atoms with van der Waals surface area (Å²) in [5.74, 6) is 2.73. The first kappa shape index (κ1) is 19.6. The standard InChI is InChI=1S/C20H29N3O2.HI/c1-19(2,15-5-6-16-17(11-15)25-14-24-16)12-22-18(21-3)23-10-9-20(13-23)7-4-8-20;/h5-6,11H,4,7-10,12-14H2,1-3H3,(H,21,22);1H. The van der Waals surface area contributed by atoms with Crippen LogP contribution in [0.5, 0.6) is 11.5 Å². The van der Waals surface area contributed by atoms with Gasteiger partial charge in [0.1, 0.15) is 0 Å². The molecular formula is C20H30IN3O2. The molecule has 26 heavy (non-hydrogen) atoms. The molecule has 3 aliphatic rings. The fraction of sp³-hybridized carbons (Fsp3) is 0.650. The Kier molecular flexibility index (Phi) is 5.61. The monoisotopic (exact) mass is 471 g/mol. The number of benzene rings is 1. The molecule has 0 bridgehead atoms. The van der Waals surface area contributed by atoms with Crippen LogP contribution in [0.3, 0.4) is 0 Å². The van der Waals surface area contributed by atoms with E-state index in [1.165, 1.54) is 31.2 Å². The molecule has 1 saturated carbocycles. The highest BCUT2D eigenvalue weighted by Gasteiger charge is 2.43. The Balaban J connectivity index is 0.00000196. The largest absolute Gasteiger partial charge is 0.454 e. The lowest BCUT2D eigenvalue weighted by atomic mass is 9.68. The van der Waals surface area contributed by atoms with Crippen molar-refractivity contribution in [1.29, 1.82) is 0 Å². The van der Waals surface area contributed by atoms with Gasteiger partial charge in [-0.15, -0.1) is 24.0 Å². The number of rotatable bonds is 3. The third-order valence-electron chi connectivity index (χ3n) is 6.21. The number of hydrogen-bond acceptors (Lipinski definition) is 3. The Morgan fingerprint density at radius 3 is 2.65 bits per heavy atom. The average Bonchev–Trinajstić information content (AvgIpc) is 3.21. The number of likely N-dealkylation sites (tertiary alicyclic amines) is 1. The van der Waals surface area contributed by atoms with Crippen LogP contribution >= 0.6 is 24.0 Å². The number of guanidine groups is 1. The summed E-state index contributed by atoms with van der Waals surface area (Å²) in [5, 5.41) is 3.61. The van der Waals surface area contributed by atoms with Crippen LogP contribution in [0.2, 0.25) is 0 Å². The molecule has 0 radical (unpaired) electrons. The van der Waals surface area contributed by atoms with Crippen molar-refractivity contribution in [2.45, 2.75) is 44.9 Å². The van der Waals surface area contributed by atoms with E-state index in [-0.39, 0.29) is 29.4 Å². The first-order valence-corrected chi connectivity index (χ1v) is 9.37. The zero-order valence-corrected chi connectivity index (χ0v) is 18.3. The molecular weight excluding hydrogens is 441 g/mol. The van der Waals surface area contributed by atoms with E-state index in [2.05, 4.69) is 41.2 Å². The molecule has 0 unspecified atom stereocenters. The molecule has 6 heteroatoms. The van der Waals surface area contributed by atoms with Crippen molar-refractivity contribution in [2.24, 2.45) is 10.4 Å². The first-order valence-electron chi connectivity index (χ1n) is 9.37. The van der Waals surface area contributed by atoms with Crippen LogP contribution < -0.4 is 14.8 Å². The maximum absolute atomic E-state index is 5.53. The number of nitrogens with one attached hydrogen (secondary N) is 1. The van der Waals surface area contributed by atoms with Gasteiger partial charge in [-0.3, -0.25) is 4.99 Å². The van der Waals surface area contributed by atoms with E-state index in [1.54, 1.807) is 0 Å². The smallest absolute Gasteiger partial charge is 0.231 e. The Morgan fingerprint density at radius 1 is 1.23 bits per heavy atom. The van der Waals surface area contributed by atoms with E-state index >= 15 is 0 Å². The summed E-state index contributed by atoms with van der Waals surface area (Å²) < 4.78 is 11.0. The minimum absolute atomic E-state index is 0. The number of hydrogen-bond donors (Lipinski definition) is 1. The molecule has 144 valence electrons. The highest BCUT2D eigenvalue weighted by molar-refractivity contribution is 14.0. The SMILES string of the molecule is CN=C(NCC(C)(C)c1ccc2c(c1)OCO2)N1CCC2(CCC2)C1.I. The third kappa shape index (κ3) is 3.62. The Bertz CT molecular complexity index is 686. The van der Waals surface area contributed by atoms with E-state index in [1.807, 2.05) is 13.1 Å². The minimum atomic E-state index is -0.0230. The first-order chi connectivity index (χ1) is 12.0. The van der Waals surface area contributed by atoms with Crippen LogP contribution in [0.1, 0.15) is 45.1 Å². The van der Waals surface area contributed by atoms with Gasteiger partial charge in [0.05, 0.1) is 0 Å². The van der Waals surface area contributed by atoms with Crippen LogP contribution in [0.25, 0.3) is 0 Å². The van der Waals surface area contributed by atoms with Gasteiger partial charge in [0.25, 0.3) is 0 Å². The fourth-order valence-corrected chi connectivity index (χ4v) is 4.25. The molecule has 1 aliphatic carbocycles. The Labute approximate surface area is 173 Å². The molecule has 4 rings (SSSR count). The maximum atomic E-state index is 5.53. The van der Waals surface area contributed by atoms with E-state index in [0.717, 1.165) is 37.1 Å². The van der Waals surface area contributed by atoms with E-state index in [0.29, 0.717) is 12.2 Å². The van der Waals surface area contributed by atoms with Crippen LogP contribution in [0.15, 0.2) is 23.2 Å². The van der Waals surface area contributed by atoms with Gasteiger partial charge in [-0.1, -0.05) is 26.3 Å².